The van der Waals surface area contributed by atoms with Gasteiger partial charge in [-0.05, 0) is 36.4 Å². The Hall–Kier alpha value is -2.81. The molecule has 9 heteroatoms. The van der Waals surface area contributed by atoms with Gasteiger partial charge in [-0.2, -0.15) is 4.99 Å². The van der Waals surface area contributed by atoms with E-state index in [1.54, 1.807) is 31.4 Å². The molecule has 2 heterocycles. The van der Waals surface area contributed by atoms with Gasteiger partial charge in [-0.15, -0.1) is 0 Å². The molecule has 0 saturated carbocycles. The molecule has 1 aromatic heterocycles. The fourth-order valence-electron chi connectivity index (χ4n) is 3.33. The minimum atomic E-state index is -0.459. The summed E-state index contributed by atoms with van der Waals surface area (Å²) in [6, 6.07) is 11.9. The minimum absolute atomic E-state index is 0.186. The largest absolute Gasteiger partial charge is 0.383 e. The van der Waals surface area contributed by atoms with Gasteiger partial charge in [-0.3, -0.25) is 19.3 Å². The van der Waals surface area contributed by atoms with Gasteiger partial charge in [0.25, 0.3) is 5.91 Å². The van der Waals surface area contributed by atoms with Crippen molar-refractivity contribution >= 4 is 56.6 Å². The average molecular weight is 444 g/mol. The standard InChI is InChI=1S/C21H18ClN3O4S/c1-29-10-9-24-16-6-5-14(22)12-17(16)30-21(24)23-20(28)13-3-2-4-15(11-13)25-18(26)7-8-19(25)27/h2-6,11-12H,7-10H2,1H3. The summed E-state index contributed by atoms with van der Waals surface area (Å²) in [5.41, 5.74) is 1.60. The summed E-state index contributed by atoms with van der Waals surface area (Å²) < 4.78 is 8.01. The zero-order valence-corrected chi connectivity index (χ0v) is 17.7. The first-order chi connectivity index (χ1) is 14.5. The highest BCUT2D eigenvalue weighted by atomic mass is 35.5. The summed E-state index contributed by atoms with van der Waals surface area (Å²) in [5.74, 6) is -0.986. The van der Waals surface area contributed by atoms with E-state index in [1.165, 1.54) is 17.4 Å². The molecule has 154 valence electrons. The first kappa shape index (κ1) is 20.5. The summed E-state index contributed by atoms with van der Waals surface area (Å²) in [5, 5.41) is 0.605. The van der Waals surface area contributed by atoms with E-state index in [1.807, 2.05) is 16.7 Å². The second-order valence-electron chi connectivity index (χ2n) is 6.73. The molecule has 2 aromatic carbocycles. The summed E-state index contributed by atoms with van der Waals surface area (Å²) in [7, 11) is 1.61. The molecule has 30 heavy (non-hydrogen) atoms. The molecule has 1 aliphatic rings. The van der Waals surface area contributed by atoms with Crippen LogP contribution in [-0.4, -0.2) is 36.0 Å². The van der Waals surface area contributed by atoms with Gasteiger partial charge < -0.3 is 9.30 Å². The van der Waals surface area contributed by atoms with Crippen molar-refractivity contribution in [1.82, 2.24) is 4.57 Å². The zero-order valence-electron chi connectivity index (χ0n) is 16.1. The molecule has 0 radical (unpaired) electrons. The van der Waals surface area contributed by atoms with Crippen molar-refractivity contribution in [2.75, 3.05) is 18.6 Å². The first-order valence-electron chi connectivity index (χ1n) is 9.30. The number of anilines is 1. The Bertz CT molecular complexity index is 1210. The number of imide groups is 1. The number of fused-ring (bicyclic) bond motifs is 1. The van der Waals surface area contributed by atoms with Crippen molar-refractivity contribution in [2.24, 2.45) is 4.99 Å². The Balaban J connectivity index is 1.74. The molecule has 4 rings (SSSR count). The van der Waals surface area contributed by atoms with Crippen LogP contribution in [0.15, 0.2) is 47.5 Å². The Labute approximate surface area is 181 Å². The molecule has 0 spiro atoms. The molecule has 1 aliphatic heterocycles. The van der Waals surface area contributed by atoms with Crippen molar-refractivity contribution in [1.29, 1.82) is 0 Å². The van der Waals surface area contributed by atoms with Gasteiger partial charge in [0.2, 0.25) is 11.8 Å². The molecule has 3 amide bonds. The van der Waals surface area contributed by atoms with Crippen LogP contribution < -0.4 is 9.70 Å². The van der Waals surface area contributed by atoms with E-state index in [9.17, 15) is 14.4 Å². The summed E-state index contributed by atoms with van der Waals surface area (Å²) >= 11 is 7.46. The third kappa shape index (κ3) is 3.94. The number of benzene rings is 2. The Morgan fingerprint density at radius 2 is 1.93 bits per heavy atom. The molecule has 1 fully saturated rings. The number of carbonyl (C=O) groups is 3. The van der Waals surface area contributed by atoms with Crippen LogP contribution in [-0.2, 0) is 20.9 Å². The molecule has 1 saturated heterocycles. The van der Waals surface area contributed by atoms with Crippen molar-refractivity contribution in [3.63, 3.8) is 0 Å². The summed E-state index contributed by atoms with van der Waals surface area (Å²) in [4.78, 5) is 42.9. The monoisotopic (exact) mass is 443 g/mol. The maximum Gasteiger partial charge on any atom is 0.279 e. The van der Waals surface area contributed by atoms with Gasteiger partial charge in [-0.25, -0.2) is 0 Å². The lowest BCUT2D eigenvalue weighted by Crippen LogP contribution is -2.28. The number of methoxy groups -OCH3 is 1. The highest BCUT2D eigenvalue weighted by Gasteiger charge is 2.30. The lowest BCUT2D eigenvalue weighted by Gasteiger charge is -2.14. The predicted octanol–water partition coefficient (Wildman–Crippen LogP) is 3.40. The number of hydrogen-bond donors (Lipinski definition) is 0. The van der Waals surface area contributed by atoms with Gasteiger partial charge >= 0.3 is 0 Å². The van der Waals surface area contributed by atoms with Crippen molar-refractivity contribution in [2.45, 2.75) is 19.4 Å². The maximum atomic E-state index is 12.9. The van der Waals surface area contributed by atoms with E-state index in [-0.39, 0.29) is 24.7 Å². The Morgan fingerprint density at radius 3 is 2.67 bits per heavy atom. The number of carbonyl (C=O) groups excluding carboxylic acids is 3. The molecule has 0 aliphatic carbocycles. The van der Waals surface area contributed by atoms with Crippen molar-refractivity contribution < 1.29 is 19.1 Å². The number of hydrogen-bond acceptors (Lipinski definition) is 5. The van der Waals surface area contributed by atoms with Gasteiger partial charge in [-0.1, -0.05) is 29.0 Å². The molecular weight excluding hydrogens is 426 g/mol. The quantitative estimate of drug-likeness (QED) is 0.566. The highest BCUT2D eigenvalue weighted by Crippen LogP contribution is 2.24. The lowest BCUT2D eigenvalue weighted by molar-refractivity contribution is -0.121. The number of halogens is 1. The number of ether oxygens (including phenoxy) is 1. The smallest absolute Gasteiger partial charge is 0.279 e. The van der Waals surface area contributed by atoms with Crippen LogP contribution in [0.3, 0.4) is 0 Å². The molecule has 0 N–H and O–H groups in total. The zero-order chi connectivity index (χ0) is 21.3. The predicted molar refractivity (Wildman–Crippen MR) is 115 cm³/mol. The number of rotatable bonds is 5. The van der Waals surface area contributed by atoms with E-state index in [4.69, 9.17) is 16.3 Å². The van der Waals surface area contributed by atoms with Crippen LogP contribution in [0.25, 0.3) is 10.2 Å². The SMILES string of the molecule is COCCn1c(=NC(=O)c2cccc(N3C(=O)CCC3=O)c2)sc2cc(Cl)ccc21. The molecule has 0 atom stereocenters. The Morgan fingerprint density at radius 1 is 1.17 bits per heavy atom. The van der Waals surface area contributed by atoms with E-state index < -0.39 is 5.91 Å². The lowest BCUT2D eigenvalue weighted by atomic mass is 10.2. The average Bonchev–Trinajstić information content (AvgIpc) is 3.24. The van der Waals surface area contributed by atoms with Crippen LogP contribution in [0.2, 0.25) is 5.02 Å². The second-order valence-corrected chi connectivity index (χ2v) is 8.18. The molecule has 3 aromatic rings. The molecule has 0 unspecified atom stereocenters. The second kappa shape index (κ2) is 8.51. The van der Waals surface area contributed by atoms with Crippen molar-refractivity contribution in [3.05, 3.63) is 57.9 Å². The summed E-state index contributed by atoms with van der Waals surface area (Å²) in [6.45, 7) is 0.992. The van der Waals surface area contributed by atoms with Gasteiger partial charge in [0.05, 0.1) is 22.5 Å². The van der Waals surface area contributed by atoms with Crippen molar-refractivity contribution in [3.8, 4) is 0 Å². The van der Waals surface area contributed by atoms with Crippen LogP contribution in [0.5, 0.6) is 0 Å². The van der Waals surface area contributed by atoms with Gasteiger partial charge in [0, 0.05) is 37.1 Å². The first-order valence-corrected chi connectivity index (χ1v) is 10.5. The fraction of sp³-hybridized carbons (Fsp3) is 0.238. The van der Waals surface area contributed by atoms with Crippen LogP contribution >= 0.6 is 22.9 Å². The minimum Gasteiger partial charge on any atom is -0.383 e. The van der Waals surface area contributed by atoms with E-state index in [0.29, 0.717) is 34.2 Å². The molecule has 0 bridgehead atoms. The summed E-state index contributed by atoms with van der Waals surface area (Å²) in [6.07, 6.45) is 0.371. The van der Waals surface area contributed by atoms with E-state index >= 15 is 0 Å². The molecular formula is C21H18ClN3O4S. The van der Waals surface area contributed by atoms with E-state index in [0.717, 1.165) is 15.1 Å². The third-order valence-electron chi connectivity index (χ3n) is 4.76. The highest BCUT2D eigenvalue weighted by molar-refractivity contribution is 7.16. The molecule has 7 nitrogen and oxygen atoms in total. The van der Waals surface area contributed by atoms with Crippen LogP contribution in [0.4, 0.5) is 5.69 Å². The Kier molecular flexibility index (Phi) is 5.80. The number of aromatic nitrogens is 1. The number of amides is 3. The van der Waals surface area contributed by atoms with Crippen LogP contribution in [0, 0.1) is 0 Å². The fourth-order valence-corrected chi connectivity index (χ4v) is 4.66. The van der Waals surface area contributed by atoms with E-state index in [2.05, 4.69) is 4.99 Å². The third-order valence-corrected chi connectivity index (χ3v) is 6.04. The normalized spacial score (nSPS) is 14.9. The topological polar surface area (TPSA) is 81.0 Å². The van der Waals surface area contributed by atoms with Gasteiger partial charge in [0.1, 0.15) is 0 Å². The van der Waals surface area contributed by atoms with Gasteiger partial charge in [0.15, 0.2) is 4.80 Å². The number of thiazole rings is 1. The maximum absolute atomic E-state index is 12.9. The number of nitrogens with zero attached hydrogens (tertiary/aromatic N) is 3. The van der Waals surface area contributed by atoms with Crippen LogP contribution in [0.1, 0.15) is 23.2 Å².